The Hall–Kier alpha value is -2.29. The summed E-state index contributed by atoms with van der Waals surface area (Å²) in [5.41, 5.74) is -0.300. The van der Waals surface area contributed by atoms with E-state index in [0.717, 1.165) is 30.1 Å². The Morgan fingerprint density at radius 3 is 2.76 bits per heavy atom. The predicted molar refractivity (Wildman–Crippen MR) is 73.3 cm³/mol. The smallest absolute Gasteiger partial charge is 0.320 e. The van der Waals surface area contributed by atoms with E-state index in [9.17, 15) is 18.9 Å². The van der Waals surface area contributed by atoms with Gasteiger partial charge >= 0.3 is 5.69 Å². The SMILES string of the molecule is CCNc1ncc([N+](=O)[O-])c(Sc2ccc(F)c(F)c2)n1. The number of nitrogens with one attached hydrogen (secondary N) is 1. The summed E-state index contributed by atoms with van der Waals surface area (Å²) in [6, 6.07) is 3.23. The molecule has 9 heteroatoms. The van der Waals surface area contributed by atoms with Crippen LogP contribution in [0.4, 0.5) is 20.4 Å². The normalized spacial score (nSPS) is 10.4. The molecule has 0 aliphatic carbocycles. The first-order valence-corrected chi connectivity index (χ1v) is 6.71. The quantitative estimate of drug-likeness (QED) is 0.518. The van der Waals surface area contributed by atoms with E-state index in [4.69, 9.17) is 0 Å². The van der Waals surface area contributed by atoms with Crippen molar-refractivity contribution in [2.75, 3.05) is 11.9 Å². The Bertz CT molecular complexity index is 684. The third-order valence-corrected chi connectivity index (χ3v) is 3.36. The summed E-state index contributed by atoms with van der Waals surface area (Å²) in [4.78, 5) is 18.5. The molecule has 0 saturated carbocycles. The number of rotatable bonds is 5. The first-order chi connectivity index (χ1) is 10.0. The van der Waals surface area contributed by atoms with Crippen molar-refractivity contribution in [1.29, 1.82) is 0 Å². The van der Waals surface area contributed by atoms with Crippen molar-refractivity contribution in [3.63, 3.8) is 0 Å². The largest absolute Gasteiger partial charge is 0.354 e. The Labute approximate surface area is 122 Å². The fraction of sp³-hybridized carbons (Fsp3) is 0.167. The van der Waals surface area contributed by atoms with Gasteiger partial charge in [-0.3, -0.25) is 10.1 Å². The van der Waals surface area contributed by atoms with Gasteiger partial charge in [0.05, 0.1) is 4.92 Å². The number of nitro groups is 1. The van der Waals surface area contributed by atoms with E-state index in [1.807, 2.05) is 6.92 Å². The van der Waals surface area contributed by atoms with E-state index in [1.165, 1.54) is 6.07 Å². The Balaban J connectivity index is 2.37. The molecule has 0 amide bonds. The van der Waals surface area contributed by atoms with Gasteiger partial charge in [0.25, 0.3) is 0 Å². The van der Waals surface area contributed by atoms with Gasteiger partial charge < -0.3 is 5.32 Å². The van der Waals surface area contributed by atoms with Crippen molar-refractivity contribution in [3.05, 3.63) is 46.1 Å². The van der Waals surface area contributed by atoms with Crippen LogP contribution >= 0.6 is 11.8 Å². The van der Waals surface area contributed by atoms with Gasteiger partial charge in [-0.05, 0) is 25.1 Å². The number of nitrogens with zero attached hydrogens (tertiary/aromatic N) is 3. The molecule has 0 atom stereocenters. The van der Waals surface area contributed by atoms with Crippen molar-refractivity contribution in [2.45, 2.75) is 16.8 Å². The van der Waals surface area contributed by atoms with Gasteiger partial charge in [-0.1, -0.05) is 11.8 Å². The second kappa shape index (κ2) is 6.44. The minimum Gasteiger partial charge on any atom is -0.354 e. The van der Waals surface area contributed by atoms with Crippen LogP contribution in [-0.2, 0) is 0 Å². The Kier molecular flexibility index (Phi) is 4.63. The van der Waals surface area contributed by atoms with Crippen molar-refractivity contribution in [1.82, 2.24) is 9.97 Å². The Morgan fingerprint density at radius 2 is 2.14 bits per heavy atom. The summed E-state index contributed by atoms with van der Waals surface area (Å²) in [6.45, 7) is 2.38. The molecular weight excluding hydrogens is 302 g/mol. The molecule has 2 aromatic rings. The fourth-order valence-corrected chi connectivity index (χ4v) is 2.34. The van der Waals surface area contributed by atoms with Crippen molar-refractivity contribution < 1.29 is 13.7 Å². The highest BCUT2D eigenvalue weighted by Crippen LogP contribution is 2.33. The maximum Gasteiger partial charge on any atom is 0.320 e. The number of aromatic nitrogens is 2. The van der Waals surface area contributed by atoms with Crippen LogP contribution in [0.1, 0.15) is 6.92 Å². The highest BCUT2D eigenvalue weighted by Gasteiger charge is 2.19. The van der Waals surface area contributed by atoms with Crippen molar-refractivity contribution in [3.8, 4) is 0 Å². The van der Waals surface area contributed by atoms with E-state index in [1.54, 1.807) is 0 Å². The maximum atomic E-state index is 13.2. The summed E-state index contributed by atoms with van der Waals surface area (Å²) >= 11 is 0.866. The second-order valence-electron chi connectivity index (χ2n) is 3.85. The number of benzene rings is 1. The monoisotopic (exact) mass is 312 g/mol. The lowest BCUT2D eigenvalue weighted by Gasteiger charge is -2.05. The molecule has 0 bridgehead atoms. The highest BCUT2D eigenvalue weighted by atomic mass is 32.2. The van der Waals surface area contributed by atoms with Gasteiger partial charge in [-0.25, -0.2) is 13.8 Å². The molecule has 21 heavy (non-hydrogen) atoms. The van der Waals surface area contributed by atoms with Gasteiger partial charge in [-0.2, -0.15) is 4.98 Å². The lowest BCUT2D eigenvalue weighted by molar-refractivity contribution is -0.388. The molecule has 0 saturated heterocycles. The van der Waals surface area contributed by atoms with Crippen LogP contribution in [0.15, 0.2) is 34.3 Å². The molecule has 110 valence electrons. The minimum absolute atomic E-state index is 0.0527. The van der Waals surface area contributed by atoms with Crippen LogP contribution in [0, 0.1) is 21.7 Å². The number of anilines is 1. The van der Waals surface area contributed by atoms with E-state index in [2.05, 4.69) is 15.3 Å². The molecule has 0 unspecified atom stereocenters. The van der Waals surface area contributed by atoms with Crippen LogP contribution in [0.2, 0.25) is 0 Å². The van der Waals surface area contributed by atoms with Crippen molar-refractivity contribution >= 4 is 23.4 Å². The Morgan fingerprint density at radius 1 is 1.38 bits per heavy atom. The first-order valence-electron chi connectivity index (χ1n) is 5.89. The van der Waals surface area contributed by atoms with E-state index < -0.39 is 16.6 Å². The second-order valence-corrected chi connectivity index (χ2v) is 4.91. The van der Waals surface area contributed by atoms with E-state index in [-0.39, 0.29) is 16.7 Å². The van der Waals surface area contributed by atoms with Crippen LogP contribution in [0.25, 0.3) is 0 Å². The molecule has 1 aromatic heterocycles. The third kappa shape index (κ3) is 3.63. The van der Waals surface area contributed by atoms with Gasteiger partial charge in [-0.15, -0.1) is 0 Å². The summed E-state index contributed by atoms with van der Waals surface area (Å²) in [5.74, 6) is -1.78. The molecule has 0 aliphatic heterocycles. The van der Waals surface area contributed by atoms with Gasteiger partial charge in [0, 0.05) is 11.4 Å². The fourth-order valence-electron chi connectivity index (χ4n) is 1.46. The van der Waals surface area contributed by atoms with Crippen LogP contribution in [-0.4, -0.2) is 21.4 Å². The van der Waals surface area contributed by atoms with Crippen molar-refractivity contribution in [2.24, 2.45) is 0 Å². The third-order valence-electron chi connectivity index (χ3n) is 2.37. The lowest BCUT2D eigenvalue weighted by atomic mass is 10.3. The molecule has 1 N–H and O–H groups in total. The molecule has 0 fully saturated rings. The molecule has 2 rings (SSSR count). The topological polar surface area (TPSA) is 81.0 Å². The molecule has 0 radical (unpaired) electrons. The first kappa shape index (κ1) is 15.1. The lowest BCUT2D eigenvalue weighted by Crippen LogP contribution is -2.04. The zero-order valence-electron chi connectivity index (χ0n) is 10.8. The molecule has 1 heterocycles. The summed E-state index contributed by atoms with van der Waals surface area (Å²) in [7, 11) is 0. The zero-order valence-corrected chi connectivity index (χ0v) is 11.7. The molecule has 6 nitrogen and oxygen atoms in total. The van der Waals surface area contributed by atoms with Gasteiger partial charge in [0.2, 0.25) is 5.95 Å². The summed E-state index contributed by atoms with van der Waals surface area (Å²) < 4.78 is 26.1. The predicted octanol–water partition coefficient (Wildman–Crippen LogP) is 3.25. The number of hydrogen-bond acceptors (Lipinski definition) is 6. The standard InChI is InChI=1S/C12H10F2N4O2S/c1-2-15-12-16-6-10(18(19)20)11(17-12)21-7-3-4-8(13)9(14)5-7/h3-6H,2H2,1H3,(H,15,16,17). The molecule has 0 aliphatic rings. The summed E-state index contributed by atoms with van der Waals surface area (Å²) in [6.07, 6.45) is 1.08. The van der Waals surface area contributed by atoms with Crippen LogP contribution in [0.3, 0.4) is 0 Å². The zero-order chi connectivity index (χ0) is 15.4. The average Bonchev–Trinajstić information content (AvgIpc) is 2.43. The average molecular weight is 312 g/mol. The summed E-state index contributed by atoms with van der Waals surface area (Å²) in [5, 5.41) is 13.8. The molecule has 0 spiro atoms. The number of hydrogen-bond donors (Lipinski definition) is 1. The maximum absolute atomic E-state index is 13.2. The number of halogens is 2. The van der Waals surface area contributed by atoms with Crippen LogP contribution < -0.4 is 5.32 Å². The molecular formula is C12H10F2N4O2S. The van der Waals surface area contributed by atoms with E-state index >= 15 is 0 Å². The minimum atomic E-state index is -1.02. The highest BCUT2D eigenvalue weighted by molar-refractivity contribution is 7.99. The van der Waals surface area contributed by atoms with Gasteiger partial charge in [0.1, 0.15) is 6.20 Å². The van der Waals surface area contributed by atoms with Gasteiger partial charge in [0.15, 0.2) is 16.7 Å². The van der Waals surface area contributed by atoms with Crippen LogP contribution in [0.5, 0.6) is 0 Å². The van der Waals surface area contributed by atoms with E-state index in [0.29, 0.717) is 11.4 Å². The molecule has 1 aromatic carbocycles.